The zero-order valence-electron chi connectivity index (χ0n) is 13.6. The summed E-state index contributed by atoms with van der Waals surface area (Å²) in [6.45, 7) is 6.09. The van der Waals surface area contributed by atoms with Gasteiger partial charge in [0.05, 0.1) is 44.7 Å². The van der Waals surface area contributed by atoms with Gasteiger partial charge in [-0.05, 0) is 6.92 Å². The van der Waals surface area contributed by atoms with Gasteiger partial charge in [0.15, 0.2) is 0 Å². The highest BCUT2D eigenvalue weighted by Crippen LogP contribution is 2.03. The lowest BCUT2D eigenvalue weighted by atomic mass is 10.2. The van der Waals surface area contributed by atoms with E-state index in [1.807, 2.05) is 13.1 Å². The quantitative estimate of drug-likeness (QED) is 0.565. The molecule has 0 bridgehead atoms. The number of amides is 1. The van der Waals surface area contributed by atoms with E-state index >= 15 is 0 Å². The van der Waals surface area contributed by atoms with Gasteiger partial charge in [0.1, 0.15) is 0 Å². The average molecular weight is 314 g/mol. The Balaban J connectivity index is 2.36. The first-order chi connectivity index (χ1) is 10.6. The Morgan fingerprint density at radius 1 is 1.45 bits per heavy atom. The molecule has 1 heterocycles. The van der Waals surface area contributed by atoms with Crippen molar-refractivity contribution >= 4 is 5.91 Å². The Bertz CT molecular complexity index is 438. The lowest BCUT2D eigenvalue weighted by molar-refractivity contribution is -0.131. The number of carbonyl (C=O) groups is 1. The molecule has 0 saturated carbocycles. The molecule has 126 valence electrons. The van der Waals surface area contributed by atoms with Crippen LogP contribution in [0, 0.1) is 0 Å². The number of methoxy groups -OCH3 is 1. The highest BCUT2D eigenvalue weighted by Gasteiger charge is 2.16. The van der Waals surface area contributed by atoms with Crippen LogP contribution in [0.2, 0.25) is 0 Å². The summed E-state index contributed by atoms with van der Waals surface area (Å²) in [4.78, 5) is 13.2. The summed E-state index contributed by atoms with van der Waals surface area (Å²) in [7, 11) is 1.63. The summed E-state index contributed by atoms with van der Waals surface area (Å²) in [6.07, 6.45) is 2.45. The van der Waals surface area contributed by atoms with E-state index in [9.17, 15) is 4.79 Å². The van der Waals surface area contributed by atoms with Crippen molar-refractivity contribution < 1.29 is 19.4 Å². The van der Waals surface area contributed by atoms with E-state index in [1.54, 1.807) is 16.7 Å². The molecule has 22 heavy (non-hydrogen) atoms. The minimum absolute atomic E-state index is 0.0505. The van der Waals surface area contributed by atoms with Crippen LogP contribution in [0.4, 0.5) is 0 Å². The molecular weight excluding hydrogens is 288 g/mol. The van der Waals surface area contributed by atoms with Gasteiger partial charge in [-0.25, -0.2) is 4.68 Å². The number of aromatic nitrogens is 3. The van der Waals surface area contributed by atoms with E-state index in [0.717, 1.165) is 5.69 Å². The topological polar surface area (TPSA) is 89.7 Å². The molecule has 1 aromatic heterocycles. The molecule has 0 aliphatic carbocycles. The van der Waals surface area contributed by atoms with Crippen LogP contribution in [0.5, 0.6) is 0 Å². The van der Waals surface area contributed by atoms with Gasteiger partial charge in [-0.2, -0.15) is 0 Å². The van der Waals surface area contributed by atoms with Crippen molar-refractivity contribution in [3.05, 3.63) is 11.9 Å². The SMILES string of the molecule is COCCOCCn1cc(CCN(C(C)=O)C(C)CO)nn1. The van der Waals surface area contributed by atoms with Crippen molar-refractivity contribution in [2.45, 2.75) is 32.9 Å². The zero-order valence-corrected chi connectivity index (χ0v) is 13.6. The highest BCUT2D eigenvalue weighted by molar-refractivity contribution is 5.73. The molecule has 8 nitrogen and oxygen atoms in total. The van der Waals surface area contributed by atoms with E-state index in [4.69, 9.17) is 14.6 Å². The van der Waals surface area contributed by atoms with Crippen molar-refractivity contribution in [1.82, 2.24) is 19.9 Å². The minimum Gasteiger partial charge on any atom is -0.394 e. The molecule has 0 aromatic carbocycles. The monoisotopic (exact) mass is 314 g/mol. The van der Waals surface area contributed by atoms with Crippen LogP contribution in [0.1, 0.15) is 19.5 Å². The average Bonchev–Trinajstić information content (AvgIpc) is 2.94. The van der Waals surface area contributed by atoms with Crippen LogP contribution in [-0.4, -0.2) is 77.0 Å². The van der Waals surface area contributed by atoms with Crippen molar-refractivity contribution in [3.8, 4) is 0 Å². The van der Waals surface area contributed by atoms with Crippen LogP contribution in [-0.2, 0) is 27.2 Å². The second-order valence-corrected chi connectivity index (χ2v) is 5.07. The Labute approximate surface area is 131 Å². The van der Waals surface area contributed by atoms with Gasteiger partial charge < -0.3 is 19.5 Å². The van der Waals surface area contributed by atoms with Crippen LogP contribution in [0.15, 0.2) is 6.20 Å². The predicted octanol–water partition coefficient (Wildman–Crippen LogP) is -0.287. The number of aliphatic hydroxyl groups excluding tert-OH is 1. The maximum absolute atomic E-state index is 11.5. The first-order valence-electron chi connectivity index (χ1n) is 7.42. The van der Waals surface area contributed by atoms with Crippen molar-refractivity contribution in [1.29, 1.82) is 0 Å². The Kier molecular flexibility index (Phi) is 8.64. The molecule has 8 heteroatoms. The maximum atomic E-state index is 11.5. The summed E-state index contributed by atoms with van der Waals surface area (Å²) in [5.41, 5.74) is 0.813. The molecule has 0 fully saturated rings. The van der Waals surface area contributed by atoms with Gasteiger partial charge in [-0.1, -0.05) is 5.21 Å². The number of aliphatic hydroxyl groups is 1. The van der Waals surface area contributed by atoms with Crippen molar-refractivity contribution in [3.63, 3.8) is 0 Å². The Hall–Kier alpha value is -1.51. The number of nitrogens with zero attached hydrogens (tertiary/aromatic N) is 4. The van der Waals surface area contributed by atoms with Gasteiger partial charge >= 0.3 is 0 Å². The summed E-state index contributed by atoms with van der Waals surface area (Å²) in [6, 6.07) is -0.193. The minimum atomic E-state index is -0.193. The van der Waals surface area contributed by atoms with E-state index in [2.05, 4.69) is 10.3 Å². The molecule has 1 N–H and O–H groups in total. The molecule has 0 radical (unpaired) electrons. The normalized spacial score (nSPS) is 12.4. The second kappa shape index (κ2) is 10.3. The second-order valence-electron chi connectivity index (χ2n) is 5.07. The first-order valence-corrected chi connectivity index (χ1v) is 7.42. The number of carbonyl (C=O) groups excluding carboxylic acids is 1. The fourth-order valence-electron chi connectivity index (χ4n) is 1.99. The van der Waals surface area contributed by atoms with Gasteiger partial charge in [-0.15, -0.1) is 5.10 Å². The molecule has 1 amide bonds. The number of hydrogen-bond acceptors (Lipinski definition) is 6. The van der Waals surface area contributed by atoms with Crippen LogP contribution < -0.4 is 0 Å². The van der Waals surface area contributed by atoms with E-state index < -0.39 is 0 Å². The summed E-state index contributed by atoms with van der Waals surface area (Å²) < 4.78 is 12.0. The summed E-state index contributed by atoms with van der Waals surface area (Å²) in [5, 5.41) is 17.3. The van der Waals surface area contributed by atoms with E-state index in [-0.39, 0.29) is 18.6 Å². The third-order valence-corrected chi connectivity index (χ3v) is 3.29. The standard InChI is InChI=1S/C14H26N4O4/c1-12(11-19)18(13(2)20)5-4-14-10-17(16-15-14)6-7-22-9-8-21-3/h10,12,19H,4-9,11H2,1-3H3. The fraction of sp³-hybridized carbons (Fsp3) is 0.786. The van der Waals surface area contributed by atoms with Gasteiger partial charge in [0, 0.05) is 33.2 Å². The molecule has 1 rings (SSSR count). The molecular formula is C14H26N4O4. The molecule has 0 saturated heterocycles. The molecule has 1 atom stereocenters. The molecule has 0 aliphatic heterocycles. The van der Waals surface area contributed by atoms with Gasteiger partial charge in [-0.3, -0.25) is 4.79 Å². The fourth-order valence-corrected chi connectivity index (χ4v) is 1.99. The molecule has 1 unspecified atom stereocenters. The van der Waals surface area contributed by atoms with Crippen molar-refractivity contribution in [2.24, 2.45) is 0 Å². The third-order valence-electron chi connectivity index (χ3n) is 3.29. The van der Waals surface area contributed by atoms with Gasteiger partial charge in [0.2, 0.25) is 5.91 Å². The number of rotatable bonds is 11. The van der Waals surface area contributed by atoms with Gasteiger partial charge in [0.25, 0.3) is 0 Å². The lowest BCUT2D eigenvalue weighted by Crippen LogP contribution is -2.40. The lowest BCUT2D eigenvalue weighted by Gasteiger charge is -2.26. The predicted molar refractivity (Wildman–Crippen MR) is 80.4 cm³/mol. The Morgan fingerprint density at radius 2 is 2.23 bits per heavy atom. The largest absolute Gasteiger partial charge is 0.394 e. The number of ether oxygens (including phenoxy) is 2. The van der Waals surface area contributed by atoms with Crippen LogP contribution in [0.25, 0.3) is 0 Å². The smallest absolute Gasteiger partial charge is 0.219 e. The molecule has 0 aliphatic rings. The molecule has 1 aromatic rings. The third kappa shape index (κ3) is 6.50. The highest BCUT2D eigenvalue weighted by atomic mass is 16.5. The first kappa shape index (κ1) is 18.5. The van der Waals surface area contributed by atoms with Crippen LogP contribution in [0.3, 0.4) is 0 Å². The summed E-state index contributed by atoms with van der Waals surface area (Å²) >= 11 is 0. The summed E-state index contributed by atoms with van der Waals surface area (Å²) in [5.74, 6) is -0.0551. The zero-order chi connectivity index (χ0) is 16.4. The van der Waals surface area contributed by atoms with E-state index in [0.29, 0.717) is 39.3 Å². The van der Waals surface area contributed by atoms with E-state index in [1.165, 1.54) is 6.92 Å². The number of hydrogen-bond donors (Lipinski definition) is 1. The van der Waals surface area contributed by atoms with Crippen LogP contribution >= 0.6 is 0 Å². The molecule has 0 spiro atoms. The van der Waals surface area contributed by atoms with Crippen molar-refractivity contribution in [2.75, 3.05) is 40.1 Å². The maximum Gasteiger partial charge on any atom is 0.219 e. The Morgan fingerprint density at radius 3 is 2.86 bits per heavy atom.